The molecule has 0 aromatic heterocycles. The molecule has 0 amide bonds. The van der Waals surface area contributed by atoms with Gasteiger partial charge in [-0.3, -0.25) is 55.1 Å². The van der Waals surface area contributed by atoms with Gasteiger partial charge in [-0.05, 0) is 20.8 Å². The zero-order valence-electron chi connectivity index (χ0n) is 25.0. The van der Waals surface area contributed by atoms with E-state index in [1.165, 1.54) is 39.0 Å². The molecule has 3 N–H and O–H groups in total. The van der Waals surface area contributed by atoms with Crippen molar-refractivity contribution < 1.29 is 117 Å². The van der Waals surface area contributed by atoms with Gasteiger partial charge in [0.1, 0.15) is 0 Å². The molecule has 0 bridgehead atoms. The van der Waals surface area contributed by atoms with Crippen LogP contribution >= 0.6 is 0 Å². The van der Waals surface area contributed by atoms with E-state index in [2.05, 4.69) is 40.7 Å². The third-order valence-corrected chi connectivity index (χ3v) is 2.76. The van der Waals surface area contributed by atoms with Crippen molar-refractivity contribution in [1.29, 1.82) is 0 Å². The molecule has 12 nitrogen and oxygen atoms in total. The van der Waals surface area contributed by atoms with E-state index < -0.39 is 0 Å². The van der Waals surface area contributed by atoms with Gasteiger partial charge in [0.05, 0.1) is 17.3 Å². The third-order valence-electron chi connectivity index (χ3n) is 2.76. The second-order valence-electron chi connectivity index (χ2n) is 7.03. The van der Waals surface area contributed by atoms with E-state index in [9.17, 15) is 14.4 Å². The Kier molecular flexibility index (Phi) is 132. The van der Waals surface area contributed by atoms with Gasteiger partial charge in [0.2, 0.25) is 0 Å². The minimum atomic E-state index is -0.0324. The van der Waals surface area contributed by atoms with E-state index in [0.29, 0.717) is 0 Å². The van der Waals surface area contributed by atoms with Crippen LogP contribution in [0.25, 0.3) is 0 Å². The van der Waals surface area contributed by atoms with Crippen molar-refractivity contribution in [2.45, 2.75) is 62.3 Å². The molecule has 0 fully saturated rings. The molecule has 0 radical (unpaired) electrons. The number of aliphatic hydroxyl groups is 3. The smallest absolute Gasteiger partial charge is 0.545 e. The van der Waals surface area contributed by atoms with E-state index in [1.807, 2.05) is 0 Å². The van der Waals surface area contributed by atoms with E-state index in [4.69, 9.17) is 44.1 Å². The minimum absolute atomic E-state index is 0. The minimum Gasteiger partial charge on any atom is -0.545 e. The summed E-state index contributed by atoms with van der Waals surface area (Å²) in [5, 5.41) is 25.8. The van der Waals surface area contributed by atoms with Gasteiger partial charge in [0.25, 0.3) is 0 Å². The normalized spacial score (nSPS) is 8.43. The Bertz CT molecular complexity index is 571. The summed E-state index contributed by atoms with van der Waals surface area (Å²) in [6.45, 7) is 34.7. The van der Waals surface area contributed by atoms with E-state index in [0.717, 1.165) is 0 Å². The summed E-state index contributed by atoms with van der Waals surface area (Å²) in [5.74, 6) is 0.0717. The van der Waals surface area contributed by atoms with Crippen LogP contribution in [0, 0.1) is 17.8 Å². The number of allylic oxidation sites excluding steroid dienone is 6. The van der Waals surface area contributed by atoms with Gasteiger partial charge < -0.3 is 44.1 Å². The fourth-order valence-corrected chi connectivity index (χ4v) is 1.12. The molecule has 0 aromatic carbocycles. The molecule has 0 saturated heterocycles. The Labute approximate surface area is 289 Å². The molecular weight excluding hydrogens is 819 g/mol. The summed E-state index contributed by atoms with van der Waals surface area (Å²) >= 11 is 0. The molecular formula is C27H42O12Ru3. The Balaban J connectivity index is -0.0000000263. The fourth-order valence-electron chi connectivity index (χ4n) is 1.12. The molecule has 0 spiro atoms. The number of aliphatic hydroxyl groups excluding tert-OH is 3. The average molecular weight is 862 g/mol. The molecule has 0 heterocycles. The Hall–Kier alpha value is -2.48. The van der Waals surface area contributed by atoms with Crippen LogP contribution in [0.3, 0.4) is 0 Å². The number of hydrogen-bond donors (Lipinski definition) is 3. The zero-order valence-corrected chi connectivity index (χ0v) is 30.2. The van der Waals surface area contributed by atoms with Crippen molar-refractivity contribution in [2.75, 3.05) is 0 Å². The Morgan fingerprint density at radius 1 is 0.405 bits per heavy atom. The number of carbonyl (C=O) groups is 3. The second-order valence-corrected chi connectivity index (χ2v) is 7.03. The van der Waals surface area contributed by atoms with Crippen LogP contribution in [0.2, 0.25) is 0 Å². The van der Waals surface area contributed by atoms with Crippen molar-refractivity contribution in [1.82, 2.24) is 0 Å². The predicted molar refractivity (Wildman–Crippen MR) is 149 cm³/mol. The molecule has 0 aliphatic heterocycles. The first kappa shape index (κ1) is 77.4. The summed E-state index contributed by atoms with van der Waals surface area (Å²) in [4.78, 5) is 78.7. The summed E-state index contributed by atoms with van der Waals surface area (Å²) in [7, 11) is 0. The molecule has 0 rings (SSSR count). The van der Waals surface area contributed by atoms with Gasteiger partial charge in [0, 0.05) is 36.0 Å². The van der Waals surface area contributed by atoms with Gasteiger partial charge >= 0.3 is 58.4 Å². The molecule has 15 heteroatoms. The topological polar surface area (TPSA) is 214 Å². The monoisotopic (exact) mass is 864 g/mol. The Morgan fingerprint density at radius 2 is 0.500 bits per heavy atom. The Morgan fingerprint density at radius 3 is 0.524 bits per heavy atom. The first-order valence-corrected chi connectivity index (χ1v) is 10.3. The van der Waals surface area contributed by atoms with E-state index in [1.54, 1.807) is 41.5 Å². The molecule has 0 saturated carbocycles. The molecule has 0 aliphatic rings. The van der Waals surface area contributed by atoms with Crippen LogP contribution in [0.1, 0.15) is 62.3 Å². The number of rotatable bonds is 6. The number of carbonyl (C=O) groups excluding carboxylic acids is 9. The molecule has 0 aliphatic carbocycles. The van der Waals surface area contributed by atoms with Crippen molar-refractivity contribution >= 4 is 58.1 Å². The third kappa shape index (κ3) is 108. The quantitative estimate of drug-likeness (QED) is 0.115. The summed E-state index contributed by atoms with van der Waals surface area (Å²) in [6.07, 6.45) is 3.72. The first-order chi connectivity index (χ1) is 18.1. The maximum atomic E-state index is 10.7. The molecule has 42 heavy (non-hydrogen) atoms. The summed E-state index contributed by atoms with van der Waals surface area (Å²) in [6, 6.07) is 0. The van der Waals surface area contributed by atoms with Crippen LogP contribution in [-0.2, 0) is 102 Å². The molecule has 246 valence electrons. The van der Waals surface area contributed by atoms with Gasteiger partial charge in [-0.2, -0.15) is 0 Å². The number of ketones is 3. The zero-order chi connectivity index (χ0) is 34.3. The van der Waals surface area contributed by atoms with Gasteiger partial charge in [-0.15, -0.1) is 0 Å². The fraction of sp³-hybridized carbons (Fsp3) is 0.444. The standard InChI is InChI=1S/3C7H12O2.6CHO.3Ru/c3*1-5(2)7(9)4-6(3)8;6*1-2;;;/h3*4-5,8H,1-3H3;6*1H;;;/q;;;6*-1;3*+2/b3*6-4-;;;;;;;;;. The van der Waals surface area contributed by atoms with Gasteiger partial charge in [-0.25, -0.2) is 0 Å². The first-order valence-electron chi connectivity index (χ1n) is 10.3. The van der Waals surface area contributed by atoms with Crippen LogP contribution in [0.4, 0.5) is 0 Å². The summed E-state index contributed by atoms with van der Waals surface area (Å²) in [5.41, 5.74) is 0. The predicted octanol–water partition coefficient (Wildman–Crippen LogP) is 3.37. The van der Waals surface area contributed by atoms with Crippen molar-refractivity contribution in [3.8, 4) is 0 Å². The number of hydrogen-bond acceptors (Lipinski definition) is 12. The molecule has 0 unspecified atom stereocenters. The van der Waals surface area contributed by atoms with Crippen molar-refractivity contribution in [3.05, 3.63) is 35.5 Å². The van der Waals surface area contributed by atoms with E-state index >= 15 is 0 Å². The van der Waals surface area contributed by atoms with Crippen molar-refractivity contribution in [3.63, 3.8) is 0 Å². The maximum absolute atomic E-state index is 10.7. The average Bonchev–Trinajstić information content (AvgIpc) is 2.90. The SMILES string of the molecule is C/C(O)=C/C(=O)C(C)C.C/C(O)=C/C(=O)C(C)C.C/C(O)=C/C(=O)C(C)C.[CH-]=O.[CH-]=O.[CH-]=O.[CH-]=O.[CH-]=O.[CH-]=O.[Ru+2].[Ru+2].[Ru+2]. The molecule has 0 aromatic rings. The summed E-state index contributed by atoms with van der Waals surface area (Å²) < 4.78 is 0. The van der Waals surface area contributed by atoms with Crippen LogP contribution in [0.15, 0.2) is 35.5 Å². The largest absolute Gasteiger partial charge is 2.00 e. The van der Waals surface area contributed by atoms with Crippen LogP contribution in [0.5, 0.6) is 0 Å². The van der Waals surface area contributed by atoms with Gasteiger partial charge in [0.15, 0.2) is 17.3 Å². The maximum Gasteiger partial charge on any atom is 2.00 e. The van der Waals surface area contributed by atoms with E-state index in [-0.39, 0.29) is 111 Å². The van der Waals surface area contributed by atoms with Crippen molar-refractivity contribution in [2.24, 2.45) is 17.8 Å². The van der Waals surface area contributed by atoms with Gasteiger partial charge in [-0.1, -0.05) is 41.5 Å². The van der Waals surface area contributed by atoms with Crippen LogP contribution in [-0.4, -0.2) is 73.4 Å². The molecule has 0 atom stereocenters. The van der Waals surface area contributed by atoms with Crippen LogP contribution < -0.4 is 0 Å². The second kappa shape index (κ2) is 71.6.